The predicted molar refractivity (Wildman–Crippen MR) is 38.4 cm³/mol. The highest BCUT2D eigenvalue weighted by Gasteiger charge is 2.11. The summed E-state index contributed by atoms with van der Waals surface area (Å²) in [6.07, 6.45) is 2.30. The molecule has 46 valence electrons. The molecule has 0 spiro atoms. The molecule has 0 aromatic rings. The highest BCUT2D eigenvalue weighted by molar-refractivity contribution is 9.10. The molecular weight excluding hydrogens is 168 g/mol. The van der Waals surface area contributed by atoms with Crippen molar-refractivity contribution in [2.45, 2.75) is 17.7 Å². The van der Waals surface area contributed by atoms with Gasteiger partial charge in [-0.1, -0.05) is 15.9 Å². The zero-order chi connectivity index (χ0) is 5.98. The van der Waals surface area contributed by atoms with Crippen LogP contribution in [-0.2, 0) is 0 Å². The Labute approximate surface area is 57.3 Å². The minimum absolute atomic E-state index is 0.344. The van der Waals surface area contributed by atoms with Crippen LogP contribution < -0.4 is 5.73 Å². The van der Waals surface area contributed by atoms with E-state index < -0.39 is 0 Å². The summed E-state index contributed by atoms with van der Waals surface area (Å²) < 4.78 is 0. The van der Waals surface area contributed by atoms with Gasteiger partial charge in [-0.25, -0.2) is 0 Å². The van der Waals surface area contributed by atoms with Gasteiger partial charge in [0.1, 0.15) is 5.84 Å². The molecule has 1 aliphatic rings. The highest BCUT2D eigenvalue weighted by Crippen LogP contribution is 2.12. The summed E-state index contributed by atoms with van der Waals surface area (Å²) in [7, 11) is 0. The number of hydrogen-bond acceptors (Lipinski definition) is 2. The smallest absolute Gasteiger partial charge is 0.108 e. The molecule has 0 aromatic carbocycles. The molecule has 0 aliphatic carbocycles. The molecule has 0 saturated carbocycles. The largest absolute Gasteiger partial charge is 0.387 e. The monoisotopic (exact) mass is 176 g/mol. The molecule has 1 atom stereocenters. The van der Waals surface area contributed by atoms with Crippen molar-refractivity contribution in [1.29, 1.82) is 0 Å². The van der Waals surface area contributed by atoms with Crippen LogP contribution in [-0.4, -0.2) is 17.2 Å². The second-order valence-corrected chi connectivity index (χ2v) is 3.02. The van der Waals surface area contributed by atoms with Gasteiger partial charge in [-0.3, -0.25) is 4.99 Å². The number of nitrogens with zero attached hydrogens (tertiary/aromatic N) is 1. The number of aliphatic imine (C=N–C) groups is 1. The first-order chi connectivity index (χ1) is 3.80. The van der Waals surface area contributed by atoms with Crippen molar-refractivity contribution in [3.63, 3.8) is 0 Å². The summed E-state index contributed by atoms with van der Waals surface area (Å²) in [4.78, 5) is 4.40. The molecule has 0 fully saturated rings. The third-order valence-corrected chi connectivity index (χ3v) is 2.16. The average molecular weight is 177 g/mol. The van der Waals surface area contributed by atoms with Crippen molar-refractivity contribution in [2.24, 2.45) is 10.7 Å². The minimum atomic E-state index is 0.344. The molecule has 1 aliphatic heterocycles. The first-order valence-corrected chi connectivity index (χ1v) is 3.66. The lowest BCUT2D eigenvalue weighted by Gasteiger charge is -2.12. The highest BCUT2D eigenvalue weighted by atomic mass is 79.9. The summed E-state index contributed by atoms with van der Waals surface area (Å²) >= 11 is 3.40. The van der Waals surface area contributed by atoms with Crippen LogP contribution in [0, 0.1) is 0 Å². The van der Waals surface area contributed by atoms with Crippen LogP contribution in [0.25, 0.3) is 0 Å². The van der Waals surface area contributed by atoms with Gasteiger partial charge in [-0.15, -0.1) is 0 Å². The molecule has 1 unspecified atom stereocenters. The molecule has 1 rings (SSSR count). The van der Waals surface area contributed by atoms with E-state index >= 15 is 0 Å². The topological polar surface area (TPSA) is 38.4 Å². The van der Waals surface area contributed by atoms with Crippen LogP contribution in [0.3, 0.4) is 0 Å². The number of amidine groups is 1. The second-order valence-electron chi connectivity index (χ2n) is 1.92. The maximum atomic E-state index is 5.48. The summed E-state index contributed by atoms with van der Waals surface area (Å²) in [5.41, 5.74) is 5.48. The molecule has 2 nitrogen and oxygen atoms in total. The lowest BCUT2D eigenvalue weighted by Crippen LogP contribution is -2.27. The molecular formula is C5H9BrN2. The Morgan fingerprint density at radius 3 is 2.88 bits per heavy atom. The second kappa shape index (κ2) is 2.49. The van der Waals surface area contributed by atoms with Crippen LogP contribution in [0.4, 0.5) is 0 Å². The first-order valence-electron chi connectivity index (χ1n) is 2.74. The quantitative estimate of drug-likeness (QED) is 0.548. The molecule has 0 radical (unpaired) electrons. The van der Waals surface area contributed by atoms with Crippen LogP contribution in [0.1, 0.15) is 12.8 Å². The summed E-state index contributed by atoms with van der Waals surface area (Å²) in [5, 5.41) is 0. The fraction of sp³-hybridized carbons (Fsp3) is 0.800. The van der Waals surface area contributed by atoms with Gasteiger partial charge in [-0.05, 0) is 12.8 Å². The van der Waals surface area contributed by atoms with Gasteiger partial charge in [-0.2, -0.15) is 0 Å². The molecule has 3 heteroatoms. The van der Waals surface area contributed by atoms with E-state index in [1.165, 1.54) is 0 Å². The third-order valence-electron chi connectivity index (χ3n) is 1.23. The van der Waals surface area contributed by atoms with Crippen molar-refractivity contribution >= 4 is 21.8 Å². The molecule has 2 N–H and O–H groups in total. The van der Waals surface area contributed by atoms with Gasteiger partial charge in [0.25, 0.3) is 0 Å². The zero-order valence-electron chi connectivity index (χ0n) is 4.60. The summed E-state index contributed by atoms with van der Waals surface area (Å²) in [6, 6.07) is 0. The molecule has 1 heterocycles. The van der Waals surface area contributed by atoms with Crippen molar-refractivity contribution in [3.8, 4) is 0 Å². The Morgan fingerprint density at radius 1 is 1.75 bits per heavy atom. The SMILES string of the molecule is NC1=NCCCC1Br. The van der Waals surface area contributed by atoms with Gasteiger partial charge >= 0.3 is 0 Å². The van der Waals surface area contributed by atoms with Crippen molar-refractivity contribution in [1.82, 2.24) is 0 Å². The van der Waals surface area contributed by atoms with Gasteiger partial charge in [0.15, 0.2) is 0 Å². The maximum Gasteiger partial charge on any atom is 0.108 e. The lowest BCUT2D eigenvalue weighted by atomic mass is 10.2. The Kier molecular flexibility index (Phi) is 1.89. The maximum absolute atomic E-state index is 5.48. The minimum Gasteiger partial charge on any atom is -0.387 e. The third kappa shape index (κ3) is 1.22. The van der Waals surface area contributed by atoms with E-state index in [2.05, 4.69) is 20.9 Å². The Balaban J connectivity index is 2.53. The van der Waals surface area contributed by atoms with E-state index in [1.807, 2.05) is 0 Å². The standard InChI is InChI=1S/C5H9BrN2/c6-4-2-1-3-8-5(4)7/h4H,1-3H2,(H2,7,8). The van der Waals surface area contributed by atoms with E-state index in [0.29, 0.717) is 4.83 Å². The number of halogens is 1. The zero-order valence-corrected chi connectivity index (χ0v) is 6.19. The number of alkyl halides is 1. The van der Waals surface area contributed by atoms with E-state index in [1.54, 1.807) is 0 Å². The first kappa shape index (κ1) is 6.08. The van der Waals surface area contributed by atoms with E-state index in [4.69, 9.17) is 5.73 Å². The van der Waals surface area contributed by atoms with Gasteiger partial charge in [0.05, 0.1) is 4.83 Å². The van der Waals surface area contributed by atoms with Crippen molar-refractivity contribution < 1.29 is 0 Å². The Bertz CT molecular complexity index is 111. The summed E-state index contributed by atoms with van der Waals surface area (Å²) in [5.74, 6) is 0.760. The molecule has 8 heavy (non-hydrogen) atoms. The van der Waals surface area contributed by atoms with Crippen molar-refractivity contribution in [2.75, 3.05) is 6.54 Å². The van der Waals surface area contributed by atoms with E-state index in [0.717, 1.165) is 25.2 Å². The van der Waals surface area contributed by atoms with Crippen LogP contribution in [0.5, 0.6) is 0 Å². The van der Waals surface area contributed by atoms with Gasteiger partial charge < -0.3 is 5.73 Å². The van der Waals surface area contributed by atoms with Crippen LogP contribution in [0.15, 0.2) is 4.99 Å². The normalized spacial score (nSPS) is 29.6. The molecule has 0 amide bonds. The van der Waals surface area contributed by atoms with Crippen LogP contribution in [0.2, 0.25) is 0 Å². The predicted octanol–water partition coefficient (Wildman–Crippen LogP) is 0.901. The van der Waals surface area contributed by atoms with E-state index in [9.17, 15) is 0 Å². The molecule has 0 bridgehead atoms. The average Bonchev–Trinajstić information content (AvgIpc) is 1.77. The van der Waals surface area contributed by atoms with E-state index in [-0.39, 0.29) is 0 Å². The van der Waals surface area contributed by atoms with Gasteiger partial charge in [0.2, 0.25) is 0 Å². The molecule has 0 aromatic heterocycles. The summed E-state index contributed by atoms with van der Waals surface area (Å²) in [6.45, 7) is 0.911. The lowest BCUT2D eigenvalue weighted by molar-refractivity contribution is 0.748. The number of hydrogen-bond donors (Lipinski definition) is 1. The molecule has 0 saturated heterocycles. The number of nitrogens with two attached hydrogens (primary N) is 1. The fourth-order valence-corrected chi connectivity index (χ4v) is 1.19. The Hall–Kier alpha value is -0.0500. The van der Waals surface area contributed by atoms with Crippen LogP contribution >= 0.6 is 15.9 Å². The Morgan fingerprint density at radius 2 is 2.50 bits per heavy atom. The van der Waals surface area contributed by atoms with Gasteiger partial charge in [0, 0.05) is 6.54 Å². The van der Waals surface area contributed by atoms with Crippen molar-refractivity contribution in [3.05, 3.63) is 0 Å². The number of rotatable bonds is 0. The fourth-order valence-electron chi connectivity index (χ4n) is 0.726.